The molecule has 1 N–H and O–H groups in total. The van der Waals surface area contributed by atoms with Gasteiger partial charge in [0.25, 0.3) is 0 Å². The van der Waals surface area contributed by atoms with Crippen LogP contribution in [0, 0.1) is 11.3 Å². The number of Topliss-reactive ketones (excluding diaryl/α,β-unsaturated/α-hetero) is 2. The molecule has 116 valence electrons. The molecule has 1 aliphatic heterocycles. The third kappa shape index (κ3) is 2.59. The first-order valence-corrected chi connectivity index (χ1v) is 7.67. The monoisotopic (exact) mass is 313 g/mol. The molecule has 2 aliphatic rings. The highest BCUT2D eigenvalue weighted by Gasteiger charge is 2.55. The van der Waals surface area contributed by atoms with Crippen molar-refractivity contribution >= 4 is 36.1 Å². The van der Waals surface area contributed by atoms with Crippen molar-refractivity contribution in [2.45, 2.75) is 38.6 Å². The predicted octanol–water partition coefficient (Wildman–Crippen LogP) is 0.546. The molecule has 21 heavy (non-hydrogen) atoms. The van der Waals surface area contributed by atoms with Crippen molar-refractivity contribution in [1.29, 1.82) is 0 Å². The first-order valence-electron chi connectivity index (χ1n) is 7.04. The number of aliphatic carboxylic acids is 1. The summed E-state index contributed by atoms with van der Waals surface area (Å²) in [5.41, 5.74) is -1.17. The Morgan fingerprint density at radius 2 is 1.95 bits per heavy atom. The molecule has 2 rings (SSSR count). The highest BCUT2D eigenvalue weighted by Crippen LogP contribution is 2.41. The molecule has 1 spiro atoms. The Kier molecular flexibility index (Phi) is 4.41. The van der Waals surface area contributed by atoms with Crippen LogP contribution in [0.5, 0.6) is 0 Å². The molecule has 1 saturated heterocycles. The van der Waals surface area contributed by atoms with Gasteiger partial charge < -0.3 is 10.0 Å². The molecule has 0 aromatic carbocycles. The Bertz CT molecular complexity index is 488. The van der Waals surface area contributed by atoms with Gasteiger partial charge in [-0.05, 0) is 12.8 Å². The van der Waals surface area contributed by atoms with Gasteiger partial charge in [0.05, 0.1) is 0 Å². The zero-order valence-electron chi connectivity index (χ0n) is 11.9. The van der Waals surface area contributed by atoms with Gasteiger partial charge in [0, 0.05) is 31.1 Å². The second kappa shape index (κ2) is 5.79. The lowest BCUT2D eigenvalue weighted by Gasteiger charge is -2.42. The number of hydrogen-bond donors (Lipinski definition) is 2. The van der Waals surface area contributed by atoms with E-state index in [9.17, 15) is 24.3 Å². The molecule has 0 bridgehead atoms. The quantitative estimate of drug-likeness (QED) is 0.586. The Morgan fingerprint density at radius 3 is 2.43 bits per heavy atom. The van der Waals surface area contributed by atoms with Gasteiger partial charge in [0.1, 0.15) is 23.0 Å². The molecule has 1 amide bonds. The van der Waals surface area contributed by atoms with Crippen molar-refractivity contribution in [1.82, 2.24) is 4.90 Å². The Hall–Kier alpha value is -1.37. The summed E-state index contributed by atoms with van der Waals surface area (Å²) in [4.78, 5) is 49.2. The summed E-state index contributed by atoms with van der Waals surface area (Å²) >= 11 is 4.06. The van der Waals surface area contributed by atoms with E-state index in [2.05, 4.69) is 12.6 Å². The Morgan fingerprint density at radius 1 is 1.38 bits per heavy atom. The Balaban J connectivity index is 2.32. The number of nitrogens with zero attached hydrogens (tertiary/aromatic N) is 1. The molecular formula is C14H19NO5S. The van der Waals surface area contributed by atoms with Gasteiger partial charge >= 0.3 is 5.97 Å². The first-order chi connectivity index (χ1) is 9.83. The fourth-order valence-electron chi connectivity index (χ4n) is 3.18. The summed E-state index contributed by atoms with van der Waals surface area (Å²) < 4.78 is 0. The summed E-state index contributed by atoms with van der Waals surface area (Å²) in [7, 11) is 0. The number of thiol groups is 1. The average molecular weight is 313 g/mol. The van der Waals surface area contributed by atoms with Crippen LogP contribution < -0.4 is 0 Å². The number of hydrogen-bond acceptors (Lipinski definition) is 5. The molecule has 1 aliphatic carbocycles. The van der Waals surface area contributed by atoms with Gasteiger partial charge in [0.2, 0.25) is 5.91 Å². The van der Waals surface area contributed by atoms with Gasteiger partial charge in [-0.15, -0.1) is 0 Å². The molecular weight excluding hydrogens is 294 g/mol. The SMILES string of the molecule is CC(CS)C(=O)N1CC2(CC[C@H]1C(=O)O)C(=O)CCC2=O. The summed E-state index contributed by atoms with van der Waals surface area (Å²) in [6.07, 6.45) is 0.750. The molecule has 0 radical (unpaired) electrons. The van der Waals surface area contributed by atoms with Crippen molar-refractivity contribution in [3.8, 4) is 0 Å². The maximum Gasteiger partial charge on any atom is 0.326 e. The minimum absolute atomic E-state index is 0.0986. The second-order valence-electron chi connectivity index (χ2n) is 5.87. The lowest BCUT2D eigenvalue weighted by molar-refractivity contribution is -0.160. The van der Waals surface area contributed by atoms with Crippen molar-refractivity contribution in [3.63, 3.8) is 0 Å². The van der Waals surface area contributed by atoms with Gasteiger partial charge in [-0.3, -0.25) is 14.4 Å². The highest BCUT2D eigenvalue weighted by molar-refractivity contribution is 7.80. The number of carbonyl (C=O) groups excluding carboxylic acids is 3. The van der Waals surface area contributed by atoms with Gasteiger partial charge in [-0.2, -0.15) is 12.6 Å². The van der Waals surface area contributed by atoms with Crippen LogP contribution in [0.4, 0.5) is 0 Å². The smallest absolute Gasteiger partial charge is 0.326 e. The molecule has 0 aromatic rings. The van der Waals surface area contributed by atoms with E-state index in [-0.39, 0.29) is 55.5 Å². The zero-order chi connectivity index (χ0) is 15.8. The van der Waals surface area contributed by atoms with Crippen LogP contribution in [0.2, 0.25) is 0 Å². The van der Waals surface area contributed by atoms with E-state index in [1.54, 1.807) is 6.92 Å². The second-order valence-corrected chi connectivity index (χ2v) is 6.24. The summed E-state index contributed by atoms with van der Waals surface area (Å²) in [6, 6.07) is -0.966. The molecule has 1 unspecified atom stereocenters. The van der Waals surface area contributed by atoms with Crippen molar-refractivity contribution in [3.05, 3.63) is 0 Å². The summed E-state index contributed by atoms with van der Waals surface area (Å²) in [5, 5.41) is 9.29. The highest BCUT2D eigenvalue weighted by atomic mass is 32.1. The molecule has 6 nitrogen and oxygen atoms in total. The topological polar surface area (TPSA) is 91.8 Å². The minimum atomic E-state index is -1.17. The van der Waals surface area contributed by atoms with Gasteiger partial charge in [-0.25, -0.2) is 4.79 Å². The number of piperidine rings is 1. The fourth-order valence-corrected chi connectivity index (χ4v) is 3.34. The minimum Gasteiger partial charge on any atom is -0.480 e. The lowest BCUT2D eigenvalue weighted by Crippen LogP contribution is -2.58. The molecule has 1 heterocycles. The molecule has 0 aromatic heterocycles. The van der Waals surface area contributed by atoms with E-state index in [0.29, 0.717) is 0 Å². The van der Waals surface area contributed by atoms with E-state index in [1.807, 2.05) is 0 Å². The van der Waals surface area contributed by atoms with Crippen LogP contribution in [0.25, 0.3) is 0 Å². The molecule has 2 atom stereocenters. The maximum atomic E-state index is 12.4. The van der Waals surface area contributed by atoms with E-state index in [0.717, 1.165) is 0 Å². The third-order valence-electron chi connectivity index (χ3n) is 4.57. The van der Waals surface area contributed by atoms with E-state index in [1.165, 1.54) is 4.90 Å². The van der Waals surface area contributed by atoms with Crippen molar-refractivity contribution in [2.24, 2.45) is 11.3 Å². The van der Waals surface area contributed by atoms with E-state index in [4.69, 9.17) is 0 Å². The van der Waals surface area contributed by atoms with Crippen molar-refractivity contribution in [2.75, 3.05) is 12.3 Å². The van der Waals surface area contributed by atoms with Crippen LogP contribution in [0.3, 0.4) is 0 Å². The largest absolute Gasteiger partial charge is 0.480 e. The number of carboxylic acids is 1. The summed E-state index contributed by atoms with van der Waals surface area (Å²) in [6.45, 7) is 1.56. The number of carboxylic acid groups (broad SMARTS) is 1. The van der Waals surface area contributed by atoms with Gasteiger partial charge in [-0.1, -0.05) is 6.92 Å². The van der Waals surface area contributed by atoms with E-state index >= 15 is 0 Å². The number of carbonyl (C=O) groups is 4. The predicted molar refractivity (Wildman–Crippen MR) is 77.1 cm³/mol. The molecule has 7 heteroatoms. The maximum absolute atomic E-state index is 12.4. The van der Waals surface area contributed by atoms with Crippen LogP contribution in [-0.4, -0.2) is 51.8 Å². The first kappa shape index (κ1) is 16.0. The lowest BCUT2D eigenvalue weighted by atomic mass is 9.74. The Labute approximate surface area is 128 Å². The third-order valence-corrected chi connectivity index (χ3v) is 5.12. The van der Waals surface area contributed by atoms with Crippen LogP contribution >= 0.6 is 12.6 Å². The number of likely N-dealkylation sites (tertiary alicyclic amines) is 1. The van der Waals surface area contributed by atoms with Crippen LogP contribution in [0.15, 0.2) is 0 Å². The number of amides is 1. The van der Waals surface area contributed by atoms with Crippen molar-refractivity contribution < 1.29 is 24.3 Å². The summed E-state index contributed by atoms with van der Waals surface area (Å²) in [5.74, 6) is -1.93. The number of rotatable bonds is 3. The van der Waals surface area contributed by atoms with E-state index < -0.39 is 23.3 Å². The van der Waals surface area contributed by atoms with Crippen LogP contribution in [-0.2, 0) is 19.2 Å². The molecule has 1 saturated carbocycles. The normalized spacial score (nSPS) is 26.2. The molecule has 2 fully saturated rings. The van der Waals surface area contributed by atoms with Gasteiger partial charge in [0.15, 0.2) is 0 Å². The average Bonchev–Trinajstić information content (AvgIpc) is 2.73. The zero-order valence-corrected chi connectivity index (χ0v) is 12.8. The number of ketones is 2. The van der Waals surface area contributed by atoms with Crippen LogP contribution in [0.1, 0.15) is 32.6 Å². The standard InChI is InChI=1S/C14H19NO5S/c1-8(6-21)12(18)15-7-14(5-4-9(15)13(19)20)10(16)2-3-11(14)17/h8-9,21H,2-7H2,1H3,(H,19,20)/t8?,9-/m0/s1. The fraction of sp³-hybridized carbons (Fsp3) is 0.714.